The number of aryl methyl sites for hydroxylation is 1. The predicted molar refractivity (Wildman–Crippen MR) is 87.2 cm³/mol. The van der Waals surface area contributed by atoms with E-state index in [2.05, 4.69) is 55.7 Å². The summed E-state index contributed by atoms with van der Waals surface area (Å²) in [6, 6.07) is 16.5. The van der Waals surface area contributed by atoms with E-state index < -0.39 is 0 Å². The van der Waals surface area contributed by atoms with Gasteiger partial charge >= 0.3 is 0 Å². The Morgan fingerprint density at radius 1 is 0.850 bits per heavy atom. The third kappa shape index (κ3) is 3.22. The van der Waals surface area contributed by atoms with Crippen LogP contribution in [0.1, 0.15) is 30.5 Å². The van der Waals surface area contributed by atoms with Gasteiger partial charge in [0.05, 0.1) is 11.3 Å². The molecule has 2 rings (SSSR count). The van der Waals surface area contributed by atoms with Gasteiger partial charge in [-0.25, -0.2) is 0 Å². The monoisotopic (exact) mass is 263 g/mol. The third-order valence-electron chi connectivity index (χ3n) is 3.46. The molecule has 0 saturated carbocycles. The molecular weight excluding hydrogens is 242 g/mol. The molecule has 1 heteroatoms. The average Bonchev–Trinajstić information content (AvgIpc) is 2.49. The van der Waals surface area contributed by atoms with Gasteiger partial charge in [0.15, 0.2) is 0 Å². The zero-order valence-electron chi connectivity index (χ0n) is 12.5. The number of hydrogen-bond acceptors (Lipinski definition) is 1. The Morgan fingerprint density at radius 3 is 2.20 bits per heavy atom. The Labute approximate surface area is 122 Å². The minimum Gasteiger partial charge on any atom is -0.371 e. The summed E-state index contributed by atoms with van der Waals surface area (Å²) in [6.07, 6.45) is 0. The lowest BCUT2D eigenvalue weighted by Crippen LogP contribution is -2.23. The zero-order chi connectivity index (χ0) is 14.4. The van der Waals surface area contributed by atoms with E-state index in [4.69, 9.17) is 0 Å². The van der Waals surface area contributed by atoms with Crippen molar-refractivity contribution in [3.05, 3.63) is 65.2 Å². The van der Waals surface area contributed by atoms with Crippen LogP contribution in [0.4, 0.5) is 5.69 Å². The van der Waals surface area contributed by atoms with Crippen LogP contribution in [0.3, 0.4) is 0 Å². The van der Waals surface area contributed by atoms with Crippen LogP contribution in [0.5, 0.6) is 0 Å². The summed E-state index contributed by atoms with van der Waals surface area (Å²) in [6.45, 7) is 8.49. The van der Waals surface area contributed by atoms with E-state index in [0.29, 0.717) is 0 Å². The van der Waals surface area contributed by atoms with Gasteiger partial charge in [-0.05, 0) is 44.5 Å². The van der Waals surface area contributed by atoms with Crippen molar-refractivity contribution < 1.29 is 0 Å². The summed E-state index contributed by atoms with van der Waals surface area (Å²) in [5, 5.41) is 0. The molecule has 0 spiro atoms. The van der Waals surface area contributed by atoms with Crippen molar-refractivity contribution in [2.75, 3.05) is 18.0 Å². The van der Waals surface area contributed by atoms with Gasteiger partial charge in [-0.2, -0.15) is 0 Å². The zero-order valence-corrected chi connectivity index (χ0v) is 12.5. The molecule has 0 bridgehead atoms. The largest absolute Gasteiger partial charge is 0.371 e. The van der Waals surface area contributed by atoms with Crippen LogP contribution in [-0.4, -0.2) is 13.1 Å². The molecule has 0 fully saturated rings. The normalized spacial score (nSPS) is 9.75. The van der Waals surface area contributed by atoms with Crippen LogP contribution >= 0.6 is 0 Å². The third-order valence-corrected chi connectivity index (χ3v) is 3.46. The van der Waals surface area contributed by atoms with Crippen LogP contribution < -0.4 is 4.90 Å². The number of rotatable bonds is 3. The lowest BCUT2D eigenvalue weighted by molar-refractivity contribution is 0.864. The first-order chi connectivity index (χ1) is 9.76. The highest BCUT2D eigenvalue weighted by molar-refractivity contribution is 5.64. The molecule has 0 aliphatic heterocycles. The Balaban J connectivity index is 2.44. The SMILES string of the molecule is CCN(CC)c1cccc(C)c1C#Cc1ccccc1. The fourth-order valence-corrected chi connectivity index (χ4v) is 2.30. The van der Waals surface area contributed by atoms with Gasteiger partial charge in [0.25, 0.3) is 0 Å². The van der Waals surface area contributed by atoms with E-state index in [9.17, 15) is 0 Å². The van der Waals surface area contributed by atoms with Crippen molar-refractivity contribution in [2.24, 2.45) is 0 Å². The first-order valence-corrected chi connectivity index (χ1v) is 7.17. The van der Waals surface area contributed by atoms with Crippen molar-refractivity contribution in [1.29, 1.82) is 0 Å². The number of anilines is 1. The molecule has 102 valence electrons. The predicted octanol–water partition coefficient (Wildman–Crippen LogP) is 4.24. The van der Waals surface area contributed by atoms with Gasteiger partial charge in [-0.1, -0.05) is 42.2 Å². The van der Waals surface area contributed by atoms with E-state index in [0.717, 1.165) is 24.2 Å². The minimum absolute atomic E-state index is 1.000. The molecule has 0 aliphatic carbocycles. The molecule has 0 unspecified atom stereocenters. The Hall–Kier alpha value is -2.20. The van der Waals surface area contributed by atoms with Gasteiger partial charge in [0.2, 0.25) is 0 Å². The Bertz CT molecular complexity index is 613. The van der Waals surface area contributed by atoms with Crippen LogP contribution in [0.2, 0.25) is 0 Å². The Kier molecular flexibility index (Phi) is 4.85. The van der Waals surface area contributed by atoms with Crippen LogP contribution in [0.15, 0.2) is 48.5 Å². The molecule has 0 N–H and O–H groups in total. The smallest absolute Gasteiger partial charge is 0.0527 e. The van der Waals surface area contributed by atoms with Crippen molar-refractivity contribution in [1.82, 2.24) is 0 Å². The lowest BCUT2D eigenvalue weighted by atomic mass is 10.1. The molecule has 0 aromatic heterocycles. The van der Waals surface area contributed by atoms with E-state index in [1.165, 1.54) is 11.3 Å². The van der Waals surface area contributed by atoms with Crippen LogP contribution in [0.25, 0.3) is 0 Å². The van der Waals surface area contributed by atoms with E-state index in [-0.39, 0.29) is 0 Å². The highest BCUT2D eigenvalue weighted by Crippen LogP contribution is 2.22. The Morgan fingerprint density at radius 2 is 1.55 bits per heavy atom. The van der Waals surface area contributed by atoms with Gasteiger partial charge in [-0.3, -0.25) is 0 Å². The second-order valence-electron chi connectivity index (χ2n) is 4.76. The molecule has 2 aromatic carbocycles. The summed E-state index contributed by atoms with van der Waals surface area (Å²) in [5.74, 6) is 6.62. The molecule has 20 heavy (non-hydrogen) atoms. The summed E-state index contributed by atoms with van der Waals surface area (Å²) in [4.78, 5) is 2.35. The van der Waals surface area contributed by atoms with E-state index in [1.807, 2.05) is 30.3 Å². The second kappa shape index (κ2) is 6.82. The highest BCUT2D eigenvalue weighted by Gasteiger charge is 2.08. The summed E-state index contributed by atoms with van der Waals surface area (Å²) >= 11 is 0. The quantitative estimate of drug-likeness (QED) is 0.749. The minimum atomic E-state index is 1.000. The number of nitrogens with zero attached hydrogens (tertiary/aromatic N) is 1. The van der Waals surface area contributed by atoms with Gasteiger partial charge in [0, 0.05) is 18.7 Å². The topological polar surface area (TPSA) is 3.24 Å². The average molecular weight is 263 g/mol. The molecular formula is C19H21N. The summed E-state index contributed by atoms with van der Waals surface area (Å²) in [5.41, 5.74) is 4.66. The maximum atomic E-state index is 3.36. The van der Waals surface area contributed by atoms with E-state index in [1.54, 1.807) is 0 Å². The molecule has 0 heterocycles. The lowest BCUT2D eigenvalue weighted by Gasteiger charge is -2.23. The van der Waals surface area contributed by atoms with Crippen molar-refractivity contribution >= 4 is 5.69 Å². The van der Waals surface area contributed by atoms with Crippen LogP contribution in [0, 0.1) is 18.8 Å². The molecule has 0 aliphatic rings. The van der Waals surface area contributed by atoms with Crippen molar-refractivity contribution in [2.45, 2.75) is 20.8 Å². The highest BCUT2D eigenvalue weighted by atomic mass is 15.1. The number of benzene rings is 2. The van der Waals surface area contributed by atoms with Crippen molar-refractivity contribution in [3.63, 3.8) is 0 Å². The molecule has 0 atom stereocenters. The molecule has 0 radical (unpaired) electrons. The summed E-state index contributed by atoms with van der Waals surface area (Å²) < 4.78 is 0. The second-order valence-corrected chi connectivity index (χ2v) is 4.76. The molecule has 1 nitrogen and oxygen atoms in total. The fourth-order valence-electron chi connectivity index (χ4n) is 2.30. The van der Waals surface area contributed by atoms with Gasteiger partial charge in [-0.15, -0.1) is 0 Å². The first kappa shape index (κ1) is 14.2. The molecule has 0 amide bonds. The first-order valence-electron chi connectivity index (χ1n) is 7.17. The molecule has 0 saturated heterocycles. The maximum absolute atomic E-state index is 3.36. The van der Waals surface area contributed by atoms with E-state index >= 15 is 0 Å². The summed E-state index contributed by atoms with van der Waals surface area (Å²) in [7, 11) is 0. The maximum Gasteiger partial charge on any atom is 0.0527 e. The van der Waals surface area contributed by atoms with Crippen LogP contribution in [-0.2, 0) is 0 Å². The number of hydrogen-bond donors (Lipinski definition) is 0. The van der Waals surface area contributed by atoms with Gasteiger partial charge < -0.3 is 4.90 Å². The standard InChI is InChI=1S/C19H21N/c1-4-20(5-2)19-13-9-10-16(3)18(19)15-14-17-11-7-6-8-12-17/h6-13H,4-5H2,1-3H3. The van der Waals surface area contributed by atoms with Gasteiger partial charge in [0.1, 0.15) is 0 Å². The fraction of sp³-hybridized carbons (Fsp3) is 0.263. The van der Waals surface area contributed by atoms with Crippen molar-refractivity contribution in [3.8, 4) is 11.8 Å². The molecule has 2 aromatic rings.